The molecule has 0 aliphatic heterocycles. The third-order valence-electron chi connectivity index (χ3n) is 3.33. The van der Waals surface area contributed by atoms with Gasteiger partial charge in [-0.3, -0.25) is 9.59 Å². The van der Waals surface area contributed by atoms with E-state index in [9.17, 15) is 9.59 Å². The number of hydrogen-bond acceptors (Lipinski definition) is 4. The van der Waals surface area contributed by atoms with E-state index in [1.165, 1.54) is 12.5 Å². The number of rotatable bonds is 4. The van der Waals surface area contributed by atoms with Gasteiger partial charge in [-0.25, -0.2) is 0 Å². The Morgan fingerprint density at radius 2 is 2.33 bits per heavy atom. The zero-order chi connectivity index (χ0) is 12.7. The lowest BCUT2D eigenvalue weighted by Crippen LogP contribution is -2.03. The van der Waals surface area contributed by atoms with Gasteiger partial charge in [-0.05, 0) is 25.3 Å². The Bertz CT molecular complexity index is 606. The largest absolute Gasteiger partial charge is 0.364 e. The van der Waals surface area contributed by atoms with E-state index in [1.807, 2.05) is 0 Å². The summed E-state index contributed by atoms with van der Waals surface area (Å²) in [6.45, 7) is 1.78. The number of hydrogen-bond donors (Lipinski definition) is 1. The van der Waals surface area contributed by atoms with Crippen molar-refractivity contribution in [3.05, 3.63) is 29.3 Å². The maximum atomic E-state index is 12.1. The van der Waals surface area contributed by atoms with Crippen molar-refractivity contribution in [1.82, 2.24) is 10.1 Å². The van der Waals surface area contributed by atoms with E-state index >= 15 is 0 Å². The van der Waals surface area contributed by atoms with Crippen LogP contribution in [0.4, 0.5) is 0 Å². The fourth-order valence-electron chi connectivity index (χ4n) is 2.11. The first-order chi connectivity index (χ1) is 8.72. The molecule has 3 rings (SSSR count). The van der Waals surface area contributed by atoms with Crippen LogP contribution in [0.2, 0.25) is 0 Å². The average Bonchev–Trinajstić information content (AvgIpc) is 2.97. The molecule has 0 aromatic carbocycles. The molecule has 0 atom stereocenters. The van der Waals surface area contributed by atoms with Gasteiger partial charge in [0.15, 0.2) is 12.1 Å². The number of ketones is 1. The van der Waals surface area contributed by atoms with E-state index in [1.54, 1.807) is 6.92 Å². The topological polar surface area (TPSA) is 76.0 Å². The lowest BCUT2D eigenvalue weighted by Gasteiger charge is -1.96. The van der Waals surface area contributed by atoms with E-state index in [4.69, 9.17) is 4.52 Å². The molecule has 1 saturated carbocycles. The smallest absolute Gasteiger partial charge is 0.182 e. The van der Waals surface area contributed by atoms with E-state index < -0.39 is 0 Å². The van der Waals surface area contributed by atoms with Crippen LogP contribution in [-0.4, -0.2) is 22.2 Å². The van der Waals surface area contributed by atoms with Crippen LogP contribution in [0.15, 0.2) is 17.0 Å². The number of nitrogens with zero attached hydrogens (tertiary/aromatic N) is 1. The van der Waals surface area contributed by atoms with Crippen LogP contribution >= 0.6 is 0 Å². The van der Waals surface area contributed by atoms with Crippen LogP contribution in [0.3, 0.4) is 0 Å². The fraction of sp³-hybridized carbons (Fsp3) is 0.308. The lowest BCUT2D eigenvalue weighted by atomic mass is 10.1. The molecule has 0 unspecified atom stereocenters. The Labute approximate surface area is 103 Å². The van der Waals surface area contributed by atoms with E-state index in [-0.39, 0.29) is 11.7 Å². The molecule has 0 amide bonds. The standard InChI is InChI=1S/C13H12N2O3/c1-7-10(5-16)12(9-4-14-18-6-9)15-11(7)13(17)8-2-3-8/h4-6,8,15H,2-3H2,1H3. The Kier molecular flexibility index (Phi) is 2.40. The highest BCUT2D eigenvalue weighted by atomic mass is 16.5. The molecule has 1 fully saturated rings. The van der Waals surface area contributed by atoms with Gasteiger partial charge in [0.2, 0.25) is 0 Å². The Morgan fingerprint density at radius 3 is 2.89 bits per heavy atom. The summed E-state index contributed by atoms with van der Waals surface area (Å²) in [6.07, 6.45) is 5.61. The van der Waals surface area contributed by atoms with Crippen molar-refractivity contribution < 1.29 is 14.1 Å². The summed E-state index contributed by atoms with van der Waals surface area (Å²) in [5.74, 6) is 0.218. The molecule has 5 heteroatoms. The maximum Gasteiger partial charge on any atom is 0.182 e. The molecule has 1 aliphatic rings. The number of aromatic amines is 1. The quantitative estimate of drug-likeness (QED) is 0.661. The maximum absolute atomic E-state index is 12.1. The normalized spacial score (nSPS) is 14.7. The average molecular weight is 244 g/mol. The highest BCUT2D eigenvalue weighted by Crippen LogP contribution is 2.35. The zero-order valence-electron chi connectivity index (χ0n) is 9.90. The molecule has 18 heavy (non-hydrogen) atoms. The summed E-state index contributed by atoms with van der Waals surface area (Å²) >= 11 is 0. The molecule has 2 heterocycles. The predicted octanol–water partition coefficient (Wildman–Crippen LogP) is 2.38. The molecule has 0 radical (unpaired) electrons. The Hall–Kier alpha value is -2.17. The van der Waals surface area contributed by atoms with E-state index in [0.29, 0.717) is 28.1 Å². The van der Waals surface area contributed by atoms with Gasteiger partial charge >= 0.3 is 0 Å². The van der Waals surface area contributed by atoms with Crippen molar-refractivity contribution in [1.29, 1.82) is 0 Å². The van der Waals surface area contributed by atoms with Gasteiger partial charge in [-0.1, -0.05) is 5.16 Å². The monoisotopic (exact) mass is 244 g/mol. The molecular formula is C13H12N2O3. The molecule has 2 aromatic rings. The fourth-order valence-corrected chi connectivity index (χ4v) is 2.11. The summed E-state index contributed by atoms with van der Waals surface area (Å²) in [7, 11) is 0. The first kappa shape index (κ1) is 11.0. The van der Waals surface area contributed by atoms with Crippen LogP contribution in [0, 0.1) is 12.8 Å². The highest BCUT2D eigenvalue weighted by molar-refractivity contribution is 6.03. The summed E-state index contributed by atoms with van der Waals surface area (Å²) in [6, 6.07) is 0. The number of Topliss-reactive ketones (excluding diaryl/α,β-unsaturated/α-hetero) is 1. The minimum absolute atomic E-state index is 0.0957. The molecule has 0 bridgehead atoms. The van der Waals surface area contributed by atoms with Crippen LogP contribution in [0.25, 0.3) is 11.3 Å². The molecule has 0 spiro atoms. The molecule has 0 saturated heterocycles. The third kappa shape index (κ3) is 1.59. The van der Waals surface area contributed by atoms with Crippen molar-refractivity contribution in [3.8, 4) is 11.3 Å². The SMILES string of the molecule is Cc1c(C(=O)C2CC2)[nH]c(-c2cnoc2)c1C=O. The van der Waals surface area contributed by atoms with Crippen LogP contribution < -0.4 is 0 Å². The number of carbonyl (C=O) groups excluding carboxylic acids is 2. The van der Waals surface area contributed by atoms with Gasteiger partial charge in [0.25, 0.3) is 0 Å². The van der Waals surface area contributed by atoms with E-state index in [2.05, 4.69) is 10.1 Å². The molecule has 1 aliphatic carbocycles. The summed E-state index contributed by atoms with van der Waals surface area (Å²) < 4.78 is 4.77. The van der Waals surface area contributed by atoms with Gasteiger partial charge in [0.05, 0.1) is 23.1 Å². The number of carbonyl (C=O) groups is 2. The van der Waals surface area contributed by atoms with Crippen molar-refractivity contribution in [3.63, 3.8) is 0 Å². The first-order valence-electron chi connectivity index (χ1n) is 5.84. The van der Waals surface area contributed by atoms with Crippen molar-refractivity contribution in [2.45, 2.75) is 19.8 Å². The van der Waals surface area contributed by atoms with Crippen molar-refractivity contribution in [2.75, 3.05) is 0 Å². The number of aldehydes is 1. The molecule has 5 nitrogen and oxygen atoms in total. The Balaban J connectivity index is 2.12. The second-order valence-corrected chi connectivity index (χ2v) is 4.58. The van der Waals surface area contributed by atoms with E-state index in [0.717, 1.165) is 19.1 Å². The number of H-pyrrole nitrogens is 1. The minimum Gasteiger partial charge on any atom is -0.364 e. The summed E-state index contributed by atoms with van der Waals surface area (Å²) in [4.78, 5) is 26.3. The summed E-state index contributed by atoms with van der Waals surface area (Å²) in [5.41, 5.74) is 3.03. The number of aromatic nitrogens is 2. The van der Waals surface area contributed by atoms with Crippen molar-refractivity contribution in [2.24, 2.45) is 5.92 Å². The minimum atomic E-state index is 0.0957. The van der Waals surface area contributed by atoms with Gasteiger partial charge < -0.3 is 9.51 Å². The molecule has 92 valence electrons. The van der Waals surface area contributed by atoms with Gasteiger partial charge in [0.1, 0.15) is 6.26 Å². The molecule has 1 N–H and O–H groups in total. The lowest BCUT2D eigenvalue weighted by molar-refractivity contribution is 0.0963. The highest BCUT2D eigenvalue weighted by Gasteiger charge is 2.33. The zero-order valence-corrected chi connectivity index (χ0v) is 9.90. The second kappa shape index (κ2) is 3.94. The molecule has 2 aromatic heterocycles. The second-order valence-electron chi connectivity index (χ2n) is 4.58. The first-order valence-corrected chi connectivity index (χ1v) is 5.84. The van der Waals surface area contributed by atoms with Gasteiger partial charge in [-0.15, -0.1) is 0 Å². The number of nitrogens with one attached hydrogen (secondary N) is 1. The van der Waals surface area contributed by atoms with Crippen LogP contribution in [-0.2, 0) is 0 Å². The third-order valence-corrected chi connectivity index (χ3v) is 3.33. The summed E-state index contributed by atoms with van der Waals surface area (Å²) in [5, 5.41) is 3.61. The van der Waals surface area contributed by atoms with Crippen molar-refractivity contribution >= 4 is 12.1 Å². The predicted molar refractivity (Wildman–Crippen MR) is 63.5 cm³/mol. The molecular weight excluding hydrogens is 232 g/mol. The Morgan fingerprint density at radius 1 is 1.56 bits per heavy atom. The van der Waals surface area contributed by atoms with Gasteiger partial charge in [-0.2, -0.15) is 0 Å². The van der Waals surface area contributed by atoms with Crippen LogP contribution in [0.1, 0.15) is 39.3 Å². The van der Waals surface area contributed by atoms with Gasteiger partial charge in [0, 0.05) is 11.5 Å². The van der Waals surface area contributed by atoms with Crippen LogP contribution in [0.5, 0.6) is 0 Å².